The van der Waals surface area contributed by atoms with Gasteiger partial charge in [0.2, 0.25) is 0 Å². The molecular weight excluding hydrogens is 420 g/mol. The molecule has 0 bridgehead atoms. The SMILES string of the molecule is Cc1c(C2CC2)nc2c(c1NC(=O)N=[S@](N)(=O)c1cc(C(C)(C)O)cs1)CCC2C. The topological polar surface area (TPSA) is 118 Å². The Bertz CT molecular complexity index is 1140. The van der Waals surface area contributed by atoms with Crippen LogP contribution in [0.15, 0.2) is 20.0 Å². The summed E-state index contributed by atoms with van der Waals surface area (Å²) in [6, 6.07) is 0.824. The van der Waals surface area contributed by atoms with Gasteiger partial charge in [-0.05, 0) is 80.5 Å². The van der Waals surface area contributed by atoms with Gasteiger partial charge < -0.3 is 10.4 Å². The van der Waals surface area contributed by atoms with E-state index < -0.39 is 21.5 Å². The lowest BCUT2D eigenvalue weighted by Gasteiger charge is -2.17. The van der Waals surface area contributed by atoms with E-state index in [-0.39, 0.29) is 4.21 Å². The van der Waals surface area contributed by atoms with E-state index in [2.05, 4.69) is 16.6 Å². The van der Waals surface area contributed by atoms with E-state index in [0.29, 0.717) is 17.4 Å². The quantitative estimate of drug-likeness (QED) is 0.636. The number of carbonyl (C=O) groups is 1. The maximum atomic E-state index is 13.0. The van der Waals surface area contributed by atoms with Crippen molar-refractivity contribution in [1.29, 1.82) is 0 Å². The Morgan fingerprint density at radius 2 is 2.07 bits per heavy atom. The highest BCUT2D eigenvalue weighted by atomic mass is 32.2. The highest BCUT2D eigenvalue weighted by Gasteiger charge is 2.33. The van der Waals surface area contributed by atoms with Crippen molar-refractivity contribution in [2.75, 3.05) is 5.32 Å². The summed E-state index contributed by atoms with van der Waals surface area (Å²) in [5, 5.41) is 20.6. The van der Waals surface area contributed by atoms with Crippen LogP contribution in [0.4, 0.5) is 10.5 Å². The Balaban J connectivity index is 1.67. The molecule has 30 heavy (non-hydrogen) atoms. The Labute approximate surface area is 181 Å². The lowest BCUT2D eigenvalue weighted by Crippen LogP contribution is -2.19. The molecule has 2 aliphatic carbocycles. The number of anilines is 1. The molecule has 2 heterocycles. The van der Waals surface area contributed by atoms with E-state index in [4.69, 9.17) is 10.1 Å². The molecule has 0 aromatic carbocycles. The Morgan fingerprint density at radius 1 is 1.37 bits per heavy atom. The van der Waals surface area contributed by atoms with Gasteiger partial charge in [-0.1, -0.05) is 6.92 Å². The van der Waals surface area contributed by atoms with Gasteiger partial charge in [0.15, 0.2) is 9.92 Å². The first-order chi connectivity index (χ1) is 14.0. The number of rotatable bonds is 4. The van der Waals surface area contributed by atoms with Crippen molar-refractivity contribution < 1.29 is 14.1 Å². The first kappa shape index (κ1) is 21.4. The number of nitrogens with one attached hydrogen (secondary N) is 1. The molecule has 162 valence electrons. The molecule has 2 aliphatic rings. The Hall–Kier alpha value is -1.81. The van der Waals surface area contributed by atoms with Gasteiger partial charge in [-0.3, -0.25) is 4.98 Å². The maximum absolute atomic E-state index is 13.0. The van der Waals surface area contributed by atoms with Crippen molar-refractivity contribution in [3.8, 4) is 0 Å². The number of amides is 2. The fourth-order valence-electron chi connectivity index (χ4n) is 3.93. The minimum absolute atomic E-state index is 0.263. The molecule has 0 spiro atoms. The number of urea groups is 1. The van der Waals surface area contributed by atoms with Gasteiger partial charge in [0, 0.05) is 17.3 Å². The van der Waals surface area contributed by atoms with Gasteiger partial charge in [0.25, 0.3) is 0 Å². The zero-order valence-corrected chi connectivity index (χ0v) is 19.3. The third kappa shape index (κ3) is 4.03. The number of nitrogens with two attached hydrogens (primary N) is 1. The number of carbonyl (C=O) groups excluding carboxylic acids is 1. The second-order valence-corrected chi connectivity index (χ2v) is 11.8. The van der Waals surface area contributed by atoms with Crippen molar-refractivity contribution >= 4 is 33.0 Å². The van der Waals surface area contributed by atoms with E-state index in [1.165, 1.54) is 0 Å². The van der Waals surface area contributed by atoms with Crippen LogP contribution in [0.2, 0.25) is 0 Å². The van der Waals surface area contributed by atoms with Crippen LogP contribution in [0.3, 0.4) is 0 Å². The fourth-order valence-corrected chi connectivity index (χ4v) is 6.21. The molecule has 4 rings (SSSR count). The van der Waals surface area contributed by atoms with Crippen LogP contribution in [-0.2, 0) is 21.9 Å². The monoisotopic (exact) mass is 448 g/mol. The average molecular weight is 449 g/mol. The third-order valence-electron chi connectivity index (χ3n) is 5.89. The molecule has 2 aromatic rings. The summed E-state index contributed by atoms with van der Waals surface area (Å²) in [4.78, 5) is 17.7. The van der Waals surface area contributed by atoms with Crippen molar-refractivity contribution in [1.82, 2.24) is 4.98 Å². The van der Waals surface area contributed by atoms with Crippen molar-refractivity contribution in [2.24, 2.45) is 9.50 Å². The molecule has 2 atom stereocenters. The Morgan fingerprint density at radius 3 is 2.67 bits per heavy atom. The van der Waals surface area contributed by atoms with E-state index in [9.17, 15) is 14.1 Å². The minimum atomic E-state index is -3.42. The Kier molecular flexibility index (Phi) is 5.29. The molecule has 0 saturated heterocycles. The first-order valence-electron chi connectivity index (χ1n) is 10.2. The fraction of sp³-hybridized carbons (Fsp3) is 0.524. The first-order valence-corrected chi connectivity index (χ1v) is 12.6. The van der Waals surface area contributed by atoms with Crippen LogP contribution < -0.4 is 10.5 Å². The highest BCUT2D eigenvalue weighted by Crippen LogP contribution is 2.46. The van der Waals surface area contributed by atoms with Crippen LogP contribution in [0, 0.1) is 6.92 Å². The third-order valence-corrected chi connectivity index (χ3v) is 8.75. The summed E-state index contributed by atoms with van der Waals surface area (Å²) in [5.41, 5.74) is 4.38. The van der Waals surface area contributed by atoms with Crippen molar-refractivity contribution in [2.45, 2.75) is 75.0 Å². The summed E-state index contributed by atoms with van der Waals surface area (Å²) in [7, 11) is -3.42. The van der Waals surface area contributed by atoms with E-state index in [1.54, 1.807) is 25.3 Å². The molecular formula is C21H28N4O3S2. The maximum Gasteiger partial charge on any atom is 0.354 e. The van der Waals surface area contributed by atoms with Crippen molar-refractivity contribution in [3.63, 3.8) is 0 Å². The zero-order valence-electron chi connectivity index (χ0n) is 17.7. The van der Waals surface area contributed by atoms with Gasteiger partial charge in [-0.15, -0.1) is 15.7 Å². The summed E-state index contributed by atoms with van der Waals surface area (Å²) in [6.45, 7) is 7.40. The van der Waals surface area contributed by atoms with E-state index in [1.807, 2.05) is 6.92 Å². The second kappa shape index (κ2) is 7.40. The summed E-state index contributed by atoms with van der Waals surface area (Å²) in [5.74, 6) is 0.816. The van der Waals surface area contributed by atoms with Gasteiger partial charge in [0.1, 0.15) is 4.21 Å². The molecule has 7 nitrogen and oxygen atoms in total. The van der Waals surface area contributed by atoms with Crippen LogP contribution >= 0.6 is 11.3 Å². The lowest BCUT2D eigenvalue weighted by molar-refractivity contribution is 0.0789. The van der Waals surface area contributed by atoms with Gasteiger partial charge >= 0.3 is 6.03 Å². The number of aromatic nitrogens is 1. The summed E-state index contributed by atoms with van der Waals surface area (Å²) in [6.07, 6.45) is 4.09. The van der Waals surface area contributed by atoms with E-state index >= 15 is 0 Å². The molecule has 2 amide bonds. The summed E-state index contributed by atoms with van der Waals surface area (Å²) < 4.78 is 17.0. The van der Waals surface area contributed by atoms with Gasteiger partial charge in [-0.25, -0.2) is 14.1 Å². The minimum Gasteiger partial charge on any atom is -0.386 e. The average Bonchev–Trinajstić information content (AvgIpc) is 3.20. The predicted molar refractivity (Wildman–Crippen MR) is 119 cm³/mol. The standard InChI is InChI=1S/C21H28N4O3S2/c1-11-5-8-15-17(11)23-18(13-6-7-13)12(2)19(15)24-20(26)25-30(22,28)16-9-14(10-29-16)21(3,4)27/h9-11,13,27H,5-8H2,1-4H3,(H3,22,23,24,25,26,28)/t11?,30-/m0/s1. The zero-order chi connectivity index (χ0) is 21.8. The van der Waals surface area contributed by atoms with Crippen LogP contribution in [0.1, 0.15) is 79.9 Å². The number of nitrogens with zero attached hydrogens (tertiary/aromatic N) is 2. The number of aliphatic hydroxyl groups is 1. The van der Waals surface area contributed by atoms with E-state index in [0.717, 1.165) is 65.2 Å². The normalized spacial score (nSPS) is 20.5. The highest BCUT2D eigenvalue weighted by molar-refractivity contribution is 7.93. The van der Waals surface area contributed by atoms with Crippen LogP contribution in [0.25, 0.3) is 0 Å². The number of pyridine rings is 1. The lowest BCUT2D eigenvalue weighted by atomic mass is 10.0. The molecule has 2 aromatic heterocycles. The van der Waals surface area contributed by atoms with Gasteiger partial charge in [-0.2, -0.15) is 0 Å². The number of thiophene rings is 1. The summed E-state index contributed by atoms with van der Waals surface area (Å²) >= 11 is 1.13. The predicted octanol–water partition coefficient (Wildman–Crippen LogP) is 4.54. The number of hydrogen-bond donors (Lipinski definition) is 3. The molecule has 0 aliphatic heterocycles. The molecule has 1 unspecified atom stereocenters. The van der Waals surface area contributed by atoms with Crippen LogP contribution in [0.5, 0.6) is 0 Å². The smallest absolute Gasteiger partial charge is 0.354 e. The van der Waals surface area contributed by atoms with Gasteiger partial charge in [0.05, 0.1) is 11.3 Å². The number of hydrogen-bond acceptors (Lipinski definition) is 5. The van der Waals surface area contributed by atoms with Crippen LogP contribution in [-0.4, -0.2) is 20.3 Å². The molecule has 4 N–H and O–H groups in total. The second-order valence-electron chi connectivity index (χ2n) is 8.88. The molecule has 1 saturated carbocycles. The largest absolute Gasteiger partial charge is 0.386 e. The number of fused-ring (bicyclic) bond motifs is 1. The molecule has 9 heteroatoms. The molecule has 0 radical (unpaired) electrons. The van der Waals surface area contributed by atoms with Crippen molar-refractivity contribution in [3.05, 3.63) is 39.5 Å². The molecule has 1 fully saturated rings.